The monoisotopic (exact) mass is 118 g/mol. The molecule has 0 amide bonds. The normalized spacial score (nSPS) is 47.6. The van der Waals surface area contributed by atoms with Gasteiger partial charge in [-0.2, -0.15) is 5.23 Å². The largest absolute Gasteiger partial charge is 0.598 e. The first-order valence-electron chi connectivity index (χ1n) is 2.68. The standard InChI is InChI=1S/C4H10N2O2/c1-3-4(2)6(7)8-5-3/h3-6H,1-2H3. The zero-order valence-electron chi connectivity index (χ0n) is 4.97. The van der Waals surface area contributed by atoms with Crippen molar-refractivity contribution in [3.8, 4) is 0 Å². The minimum Gasteiger partial charge on any atom is -0.598 e. The summed E-state index contributed by atoms with van der Waals surface area (Å²) >= 11 is 0. The third-order valence-electron chi connectivity index (χ3n) is 1.47. The Labute approximate surface area is 47.9 Å². The molecule has 1 fully saturated rings. The molecule has 0 aliphatic carbocycles. The Morgan fingerprint density at radius 2 is 2.25 bits per heavy atom. The van der Waals surface area contributed by atoms with Crippen molar-refractivity contribution >= 4 is 0 Å². The van der Waals surface area contributed by atoms with Crippen LogP contribution in [0.4, 0.5) is 0 Å². The third-order valence-corrected chi connectivity index (χ3v) is 1.47. The molecule has 0 aromatic rings. The predicted molar refractivity (Wildman–Crippen MR) is 27.5 cm³/mol. The second kappa shape index (κ2) is 1.99. The van der Waals surface area contributed by atoms with Crippen molar-refractivity contribution in [2.24, 2.45) is 0 Å². The van der Waals surface area contributed by atoms with Gasteiger partial charge in [0.15, 0.2) is 0 Å². The van der Waals surface area contributed by atoms with Crippen molar-refractivity contribution in [1.82, 2.24) is 5.48 Å². The first kappa shape index (κ1) is 5.97. The number of hydroxylamine groups is 3. The number of nitrogens with one attached hydrogen (secondary N) is 2. The Balaban J connectivity index is 2.44. The van der Waals surface area contributed by atoms with Crippen molar-refractivity contribution in [2.45, 2.75) is 25.9 Å². The van der Waals surface area contributed by atoms with Crippen LogP contribution >= 0.6 is 0 Å². The molecule has 1 rings (SSSR count). The molecule has 1 aliphatic rings. The molecule has 0 radical (unpaired) electrons. The molecule has 4 heteroatoms. The van der Waals surface area contributed by atoms with Gasteiger partial charge < -0.3 is 5.21 Å². The van der Waals surface area contributed by atoms with Gasteiger partial charge in [0.05, 0.1) is 6.04 Å². The van der Waals surface area contributed by atoms with Gasteiger partial charge in [0.1, 0.15) is 6.04 Å². The summed E-state index contributed by atoms with van der Waals surface area (Å²) in [5.74, 6) is 0. The zero-order valence-corrected chi connectivity index (χ0v) is 4.97. The smallest absolute Gasteiger partial charge is 0.133 e. The van der Waals surface area contributed by atoms with E-state index < -0.39 is 0 Å². The molecule has 0 bridgehead atoms. The van der Waals surface area contributed by atoms with Crippen LogP contribution < -0.4 is 10.7 Å². The van der Waals surface area contributed by atoms with E-state index in [0.29, 0.717) is 0 Å². The third kappa shape index (κ3) is 0.830. The van der Waals surface area contributed by atoms with Crippen molar-refractivity contribution in [1.29, 1.82) is 0 Å². The maximum atomic E-state index is 10.5. The van der Waals surface area contributed by atoms with Gasteiger partial charge in [-0.15, -0.1) is 10.4 Å². The highest BCUT2D eigenvalue weighted by atomic mass is 17.0. The molecule has 2 N–H and O–H groups in total. The maximum absolute atomic E-state index is 10.5. The van der Waals surface area contributed by atoms with E-state index in [2.05, 4.69) is 10.4 Å². The van der Waals surface area contributed by atoms with Gasteiger partial charge in [0, 0.05) is 0 Å². The maximum Gasteiger partial charge on any atom is 0.133 e. The van der Waals surface area contributed by atoms with E-state index in [9.17, 15) is 5.21 Å². The fraction of sp³-hybridized carbons (Fsp3) is 1.00. The van der Waals surface area contributed by atoms with Crippen LogP contribution in [-0.2, 0) is 4.94 Å². The molecule has 8 heavy (non-hydrogen) atoms. The first-order chi connectivity index (χ1) is 3.72. The average Bonchev–Trinajstić information content (AvgIpc) is 1.98. The molecule has 3 unspecified atom stereocenters. The van der Waals surface area contributed by atoms with E-state index in [1.54, 1.807) is 0 Å². The van der Waals surface area contributed by atoms with E-state index in [0.717, 1.165) is 0 Å². The lowest BCUT2D eigenvalue weighted by Gasteiger charge is -2.14. The summed E-state index contributed by atoms with van der Waals surface area (Å²) in [6.07, 6.45) is 0. The molecule has 1 heterocycles. The van der Waals surface area contributed by atoms with Crippen LogP contribution in [0, 0.1) is 5.21 Å². The molecule has 48 valence electrons. The molecule has 0 aromatic carbocycles. The highest BCUT2D eigenvalue weighted by molar-refractivity contribution is 4.62. The van der Waals surface area contributed by atoms with E-state index in [1.165, 1.54) is 0 Å². The summed E-state index contributed by atoms with van der Waals surface area (Å²) in [4.78, 5) is 4.49. The lowest BCUT2D eigenvalue weighted by atomic mass is 10.2. The second-order valence-corrected chi connectivity index (χ2v) is 2.12. The van der Waals surface area contributed by atoms with Crippen LogP contribution in [-0.4, -0.2) is 12.1 Å². The fourth-order valence-corrected chi connectivity index (χ4v) is 0.550. The van der Waals surface area contributed by atoms with Gasteiger partial charge in [-0.1, -0.05) is 0 Å². The summed E-state index contributed by atoms with van der Waals surface area (Å²) in [6, 6.07) is 0.178. The first-order valence-corrected chi connectivity index (χ1v) is 2.68. The van der Waals surface area contributed by atoms with Crippen molar-refractivity contribution < 1.29 is 10.2 Å². The van der Waals surface area contributed by atoms with Gasteiger partial charge in [-0.05, 0) is 13.8 Å². The quantitative estimate of drug-likeness (QED) is 0.384. The minimum absolute atomic E-state index is 0.00926. The molecule has 0 spiro atoms. The Bertz CT molecular complexity index is 78.1. The van der Waals surface area contributed by atoms with Crippen molar-refractivity contribution in [3.05, 3.63) is 5.21 Å². The summed E-state index contributed by atoms with van der Waals surface area (Å²) in [7, 11) is 0. The molecular weight excluding hydrogens is 108 g/mol. The van der Waals surface area contributed by atoms with Crippen LogP contribution in [0.1, 0.15) is 13.8 Å². The number of hydrogen-bond donors (Lipinski definition) is 2. The minimum atomic E-state index is -0.155. The van der Waals surface area contributed by atoms with E-state index in [4.69, 9.17) is 0 Å². The van der Waals surface area contributed by atoms with Gasteiger partial charge >= 0.3 is 0 Å². The molecule has 1 saturated heterocycles. The topological polar surface area (TPSA) is 48.8 Å². The highest BCUT2D eigenvalue weighted by Crippen LogP contribution is 1.90. The Hall–Kier alpha value is -0.160. The van der Waals surface area contributed by atoms with Crippen LogP contribution in [0.2, 0.25) is 0 Å². The summed E-state index contributed by atoms with van der Waals surface area (Å²) in [5, 5.41) is 10.3. The summed E-state index contributed by atoms with van der Waals surface area (Å²) in [6.45, 7) is 3.75. The van der Waals surface area contributed by atoms with Crippen LogP contribution in [0.15, 0.2) is 0 Å². The van der Waals surface area contributed by atoms with Crippen molar-refractivity contribution in [2.75, 3.05) is 0 Å². The zero-order chi connectivity index (χ0) is 6.15. The highest BCUT2D eigenvalue weighted by Gasteiger charge is 2.27. The lowest BCUT2D eigenvalue weighted by Crippen LogP contribution is -3.08. The summed E-state index contributed by atoms with van der Waals surface area (Å²) < 4.78 is 0. The number of quaternary nitrogens is 1. The van der Waals surface area contributed by atoms with Crippen LogP contribution in [0.5, 0.6) is 0 Å². The molecule has 0 saturated carbocycles. The molecular formula is C4H10N2O2. The van der Waals surface area contributed by atoms with Crippen molar-refractivity contribution in [3.63, 3.8) is 0 Å². The lowest BCUT2D eigenvalue weighted by molar-refractivity contribution is -1.06. The van der Waals surface area contributed by atoms with Gasteiger partial charge in [-0.25, -0.2) is 0 Å². The van der Waals surface area contributed by atoms with Gasteiger partial charge in [-0.3, -0.25) is 0 Å². The van der Waals surface area contributed by atoms with Gasteiger partial charge in [0.2, 0.25) is 0 Å². The van der Waals surface area contributed by atoms with Crippen LogP contribution in [0.25, 0.3) is 0 Å². The van der Waals surface area contributed by atoms with Crippen LogP contribution in [0.3, 0.4) is 0 Å². The fourth-order valence-electron chi connectivity index (χ4n) is 0.550. The Kier molecular flexibility index (Phi) is 1.48. The van der Waals surface area contributed by atoms with E-state index in [-0.39, 0.29) is 17.3 Å². The summed E-state index contributed by atoms with van der Waals surface area (Å²) in [5.41, 5.74) is 2.57. The number of hydrogen-bond acceptors (Lipinski definition) is 3. The SMILES string of the molecule is CC1NO[NH+]([O-])C1C. The van der Waals surface area contributed by atoms with Gasteiger partial charge in [0.25, 0.3) is 0 Å². The molecule has 0 aromatic heterocycles. The molecule has 4 nitrogen and oxygen atoms in total. The molecule has 3 atom stereocenters. The Morgan fingerprint density at radius 3 is 2.38 bits per heavy atom. The predicted octanol–water partition coefficient (Wildman–Crippen LogP) is -1.40. The van der Waals surface area contributed by atoms with E-state index in [1.807, 2.05) is 13.8 Å². The average molecular weight is 118 g/mol. The molecule has 1 aliphatic heterocycles. The Morgan fingerprint density at radius 1 is 1.62 bits per heavy atom. The second-order valence-electron chi connectivity index (χ2n) is 2.12. The van der Waals surface area contributed by atoms with E-state index >= 15 is 0 Å². The number of rotatable bonds is 0.